The van der Waals surface area contributed by atoms with E-state index < -0.39 is 23.3 Å². The number of carbonyl (C=O) groups excluding carboxylic acids is 1. The fraction of sp³-hybridized carbons (Fsp3) is 0.500. The molecule has 0 fully saturated rings. The maximum absolute atomic E-state index is 11.7. The van der Waals surface area contributed by atoms with Gasteiger partial charge in [0.1, 0.15) is 10.9 Å². The first-order chi connectivity index (χ1) is 7.32. The van der Waals surface area contributed by atoms with Gasteiger partial charge in [-0.05, 0) is 5.41 Å². The lowest BCUT2D eigenvalue weighted by atomic mass is 9.87. The van der Waals surface area contributed by atoms with Crippen LogP contribution in [0.5, 0.6) is 0 Å². The second-order valence-corrected chi connectivity index (χ2v) is 5.36. The molecule has 1 aromatic heterocycles. The molecule has 1 atom stereocenters. The monoisotopic (exact) mass is 242 g/mol. The van der Waals surface area contributed by atoms with Gasteiger partial charge in [0.05, 0.1) is 11.7 Å². The fourth-order valence-corrected chi connectivity index (χ4v) is 1.70. The highest BCUT2D eigenvalue weighted by Gasteiger charge is 2.32. The molecule has 6 heteroatoms. The first-order valence-electron chi connectivity index (χ1n) is 4.74. The van der Waals surface area contributed by atoms with Gasteiger partial charge in [0.15, 0.2) is 0 Å². The van der Waals surface area contributed by atoms with Gasteiger partial charge < -0.3 is 10.4 Å². The van der Waals surface area contributed by atoms with Crippen LogP contribution in [0, 0.1) is 5.41 Å². The molecule has 1 heterocycles. The maximum Gasteiger partial charge on any atom is 0.326 e. The molecule has 2 N–H and O–H groups in total. The first kappa shape index (κ1) is 12.6. The number of carbonyl (C=O) groups is 2. The van der Waals surface area contributed by atoms with Crippen LogP contribution >= 0.6 is 11.3 Å². The summed E-state index contributed by atoms with van der Waals surface area (Å²) in [7, 11) is 0. The smallest absolute Gasteiger partial charge is 0.326 e. The summed E-state index contributed by atoms with van der Waals surface area (Å²) in [5.41, 5.74) is 0.994. The van der Waals surface area contributed by atoms with E-state index in [9.17, 15) is 9.59 Å². The Labute approximate surface area is 97.5 Å². The van der Waals surface area contributed by atoms with E-state index in [1.165, 1.54) is 23.0 Å². The molecular weight excluding hydrogens is 228 g/mol. The van der Waals surface area contributed by atoms with Crippen molar-refractivity contribution >= 4 is 23.2 Å². The molecule has 1 amide bonds. The van der Waals surface area contributed by atoms with E-state index in [2.05, 4.69) is 10.3 Å². The average Bonchev–Trinajstić information content (AvgIpc) is 2.63. The Kier molecular flexibility index (Phi) is 3.64. The third-order valence-corrected chi connectivity index (χ3v) is 2.82. The van der Waals surface area contributed by atoms with Gasteiger partial charge in [0.25, 0.3) is 5.91 Å². The van der Waals surface area contributed by atoms with Gasteiger partial charge in [-0.3, -0.25) is 9.78 Å². The SMILES string of the molecule is CC(C)(C)[C@H](NC(=O)c1cncs1)C(=O)O. The lowest BCUT2D eigenvalue weighted by molar-refractivity contribution is -0.142. The lowest BCUT2D eigenvalue weighted by Gasteiger charge is -2.27. The normalized spacial score (nSPS) is 13.2. The Hall–Kier alpha value is -1.43. The van der Waals surface area contributed by atoms with Crippen molar-refractivity contribution < 1.29 is 14.7 Å². The summed E-state index contributed by atoms with van der Waals surface area (Å²) in [4.78, 5) is 26.9. The number of nitrogens with one attached hydrogen (secondary N) is 1. The van der Waals surface area contributed by atoms with Crippen LogP contribution in [0.1, 0.15) is 30.4 Å². The minimum Gasteiger partial charge on any atom is -0.480 e. The summed E-state index contributed by atoms with van der Waals surface area (Å²) in [6, 6.07) is -0.915. The Morgan fingerprint density at radius 3 is 2.50 bits per heavy atom. The van der Waals surface area contributed by atoms with Crippen molar-refractivity contribution in [2.45, 2.75) is 26.8 Å². The van der Waals surface area contributed by atoms with E-state index in [-0.39, 0.29) is 0 Å². The number of carboxylic acids is 1. The predicted molar refractivity (Wildman–Crippen MR) is 60.5 cm³/mol. The summed E-state index contributed by atoms with van der Waals surface area (Å²) in [5.74, 6) is -1.44. The Bertz CT molecular complexity index is 381. The zero-order chi connectivity index (χ0) is 12.3. The largest absolute Gasteiger partial charge is 0.480 e. The lowest BCUT2D eigenvalue weighted by Crippen LogP contribution is -2.48. The molecule has 0 aliphatic carbocycles. The quantitative estimate of drug-likeness (QED) is 0.839. The molecule has 1 aromatic rings. The summed E-state index contributed by atoms with van der Waals surface area (Å²) in [6.45, 7) is 5.29. The molecule has 16 heavy (non-hydrogen) atoms. The van der Waals surface area contributed by atoms with E-state index >= 15 is 0 Å². The Morgan fingerprint density at radius 2 is 2.12 bits per heavy atom. The summed E-state index contributed by atoms with van der Waals surface area (Å²) < 4.78 is 0. The molecule has 0 unspecified atom stereocenters. The molecule has 0 radical (unpaired) electrons. The molecule has 88 valence electrons. The van der Waals surface area contributed by atoms with E-state index in [1.54, 1.807) is 20.8 Å². The number of aromatic nitrogens is 1. The van der Waals surface area contributed by atoms with Crippen molar-refractivity contribution in [2.24, 2.45) is 5.41 Å². The predicted octanol–water partition coefficient (Wildman–Crippen LogP) is 1.37. The number of nitrogens with zero attached hydrogens (tertiary/aromatic N) is 1. The van der Waals surface area contributed by atoms with Crippen molar-refractivity contribution in [1.29, 1.82) is 0 Å². The van der Waals surface area contributed by atoms with Gasteiger partial charge in [-0.2, -0.15) is 0 Å². The minimum absolute atomic E-state index is 0.398. The second kappa shape index (κ2) is 4.61. The number of rotatable bonds is 3. The molecule has 0 aliphatic heterocycles. The summed E-state index contributed by atoms with van der Waals surface area (Å²) in [5, 5.41) is 11.5. The molecule has 0 bridgehead atoms. The van der Waals surface area contributed by atoms with Crippen LogP contribution in [-0.2, 0) is 4.79 Å². The minimum atomic E-state index is -1.04. The van der Waals surface area contributed by atoms with Crippen molar-refractivity contribution in [2.75, 3.05) is 0 Å². The van der Waals surface area contributed by atoms with Crippen molar-refractivity contribution in [3.63, 3.8) is 0 Å². The van der Waals surface area contributed by atoms with Crippen molar-refractivity contribution in [3.8, 4) is 0 Å². The molecule has 0 aromatic carbocycles. The van der Waals surface area contributed by atoms with E-state index in [0.717, 1.165) is 0 Å². The summed E-state index contributed by atoms with van der Waals surface area (Å²) in [6.07, 6.45) is 1.42. The molecule has 0 aliphatic rings. The van der Waals surface area contributed by atoms with Crippen molar-refractivity contribution in [1.82, 2.24) is 10.3 Å². The average molecular weight is 242 g/mol. The number of hydrogen-bond acceptors (Lipinski definition) is 4. The topological polar surface area (TPSA) is 79.3 Å². The maximum atomic E-state index is 11.7. The van der Waals surface area contributed by atoms with Crippen LogP contribution in [0.4, 0.5) is 0 Å². The number of hydrogen-bond donors (Lipinski definition) is 2. The van der Waals surface area contributed by atoms with Crippen LogP contribution < -0.4 is 5.32 Å². The van der Waals surface area contributed by atoms with E-state index in [0.29, 0.717) is 4.88 Å². The highest BCUT2D eigenvalue weighted by Crippen LogP contribution is 2.20. The van der Waals surface area contributed by atoms with Crippen LogP contribution in [0.3, 0.4) is 0 Å². The van der Waals surface area contributed by atoms with Crippen LogP contribution in [0.2, 0.25) is 0 Å². The molecule has 0 saturated carbocycles. The molecule has 1 rings (SSSR count). The highest BCUT2D eigenvalue weighted by atomic mass is 32.1. The Balaban J connectivity index is 2.78. The Morgan fingerprint density at radius 1 is 1.50 bits per heavy atom. The summed E-state index contributed by atoms with van der Waals surface area (Å²) >= 11 is 1.18. The zero-order valence-corrected chi connectivity index (χ0v) is 10.2. The number of amides is 1. The van der Waals surface area contributed by atoms with Gasteiger partial charge in [-0.15, -0.1) is 11.3 Å². The van der Waals surface area contributed by atoms with Gasteiger partial charge in [0, 0.05) is 0 Å². The molecular formula is C10H14N2O3S. The van der Waals surface area contributed by atoms with Crippen molar-refractivity contribution in [3.05, 3.63) is 16.6 Å². The van der Waals surface area contributed by atoms with Crippen LogP contribution in [0.15, 0.2) is 11.7 Å². The van der Waals surface area contributed by atoms with Gasteiger partial charge in [-0.1, -0.05) is 20.8 Å². The second-order valence-electron chi connectivity index (χ2n) is 4.48. The fourth-order valence-electron chi connectivity index (χ4n) is 1.18. The van der Waals surface area contributed by atoms with Crippen LogP contribution in [-0.4, -0.2) is 28.0 Å². The third-order valence-electron chi connectivity index (χ3n) is 2.04. The van der Waals surface area contributed by atoms with Gasteiger partial charge in [-0.25, -0.2) is 4.79 Å². The molecule has 5 nitrogen and oxygen atoms in total. The molecule has 0 saturated heterocycles. The first-order valence-corrected chi connectivity index (χ1v) is 5.62. The molecule has 0 spiro atoms. The number of thiazole rings is 1. The van der Waals surface area contributed by atoms with Gasteiger partial charge >= 0.3 is 5.97 Å². The third kappa shape index (κ3) is 3.03. The van der Waals surface area contributed by atoms with Gasteiger partial charge in [0.2, 0.25) is 0 Å². The van der Waals surface area contributed by atoms with Crippen LogP contribution in [0.25, 0.3) is 0 Å². The number of aliphatic carboxylic acids is 1. The highest BCUT2D eigenvalue weighted by molar-refractivity contribution is 7.11. The number of carboxylic acid groups (broad SMARTS) is 1. The van der Waals surface area contributed by atoms with E-state index in [4.69, 9.17) is 5.11 Å². The standard InChI is InChI=1S/C10H14N2O3S/c1-10(2,3)7(9(14)15)12-8(13)6-4-11-5-16-6/h4-5,7H,1-3H3,(H,12,13)(H,14,15)/t7-/m1/s1. The zero-order valence-electron chi connectivity index (χ0n) is 9.35. The van der Waals surface area contributed by atoms with E-state index in [1.807, 2.05) is 0 Å².